The number of hydrogen-bond acceptors (Lipinski definition) is 9. The van der Waals surface area contributed by atoms with E-state index in [9.17, 15) is 13.2 Å². The molecule has 192 valence electrons. The molecule has 2 aromatic carbocycles. The van der Waals surface area contributed by atoms with E-state index in [0.29, 0.717) is 34.0 Å². The smallest absolute Gasteiger partial charge is 0.264 e. The summed E-state index contributed by atoms with van der Waals surface area (Å²) >= 11 is 1.52. The Morgan fingerprint density at radius 3 is 2.53 bits per heavy atom. The summed E-state index contributed by atoms with van der Waals surface area (Å²) < 4.78 is 27.9. The standard InChI is InChI=1S/C25H22N8O3S2/c1-15-10-16(2)30-25(29-15)33-38(35,36)20-8-6-19(7-9-20)31-23(34)18-5-3-4-17(11-18)13-37-24-21-12-28-32-22(21)26-14-27-24/h3-12,14H,13H2,1-2H3,(H,31,34)(H,29,30,33)(H,26,27,28,32). The van der Waals surface area contributed by atoms with Gasteiger partial charge >= 0.3 is 0 Å². The molecule has 0 aliphatic rings. The normalized spacial score (nSPS) is 11.4. The molecule has 38 heavy (non-hydrogen) atoms. The van der Waals surface area contributed by atoms with Crippen LogP contribution in [-0.4, -0.2) is 44.5 Å². The average molecular weight is 547 g/mol. The molecule has 5 rings (SSSR count). The molecular formula is C25H22N8O3S2. The van der Waals surface area contributed by atoms with Gasteiger partial charge in [0.15, 0.2) is 5.65 Å². The summed E-state index contributed by atoms with van der Waals surface area (Å²) in [5, 5.41) is 11.3. The van der Waals surface area contributed by atoms with Crippen LogP contribution in [0.5, 0.6) is 0 Å². The van der Waals surface area contributed by atoms with E-state index in [2.05, 4.69) is 40.2 Å². The minimum Gasteiger partial charge on any atom is -0.322 e. The van der Waals surface area contributed by atoms with Gasteiger partial charge in [-0.1, -0.05) is 12.1 Å². The van der Waals surface area contributed by atoms with Crippen LogP contribution in [0.3, 0.4) is 0 Å². The molecule has 5 aromatic rings. The molecule has 13 heteroatoms. The second kappa shape index (κ2) is 10.6. The zero-order valence-corrected chi connectivity index (χ0v) is 22.0. The number of aromatic nitrogens is 6. The van der Waals surface area contributed by atoms with Crippen molar-refractivity contribution in [3.05, 3.63) is 89.6 Å². The van der Waals surface area contributed by atoms with Crippen LogP contribution in [0.2, 0.25) is 0 Å². The lowest BCUT2D eigenvalue weighted by atomic mass is 10.1. The summed E-state index contributed by atoms with van der Waals surface area (Å²) in [6, 6.07) is 14.9. The van der Waals surface area contributed by atoms with E-state index in [1.54, 1.807) is 32.2 Å². The third kappa shape index (κ3) is 5.79. The highest BCUT2D eigenvalue weighted by molar-refractivity contribution is 7.98. The van der Waals surface area contributed by atoms with Gasteiger partial charge in [0.2, 0.25) is 5.95 Å². The van der Waals surface area contributed by atoms with Crippen LogP contribution in [0.15, 0.2) is 77.0 Å². The first-order valence-corrected chi connectivity index (χ1v) is 13.9. The first kappa shape index (κ1) is 25.3. The van der Waals surface area contributed by atoms with Gasteiger partial charge in [0, 0.05) is 28.4 Å². The highest BCUT2D eigenvalue weighted by atomic mass is 32.2. The predicted molar refractivity (Wildman–Crippen MR) is 144 cm³/mol. The number of rotatable bonds is 8. The highest BCUT2D eigenvalue weighted by Gasteiger charge is 2.17. The Hall–Kier alpha value is -4.36. The van der Waals surface area contributed by atoms with Gasteiger partial charge < -0.3 is 5.32 Å². The molecule has 0 unspecified atom stereocenters. The number of hydrogen-bond donors (Lipinski definition) is 3. The fraction of sp³-hybridized carbons (Fsp3) is 0.120. The maximum Gasteiger partial charge on any atom is 0.264 e. The van der Waals surface area contributed by atoms with Crippen molar-refractivity contribution in [3.63, 3.8) is 0 Å². The molecule has 3 aromatic heterocycles. The molecule has 0 radical (unpaired) electrons. The monoisotopic (exact) mass is 546 g/mol. The van der Waals surface area contributed by atoms with Crippen molar-refractivity contribution >= 4 is 50.4 Å². The Morgan fingerprint density at radius 1 is 1.00 bits per heavy atom. The third-order valence-corrected chi connectivity index (χ3v) is 7.83. The molecule has 0 bridgehead atoms. The second-order valence-corrected chi connectivity index (χ2v) is 11.0. The zero-order valence-electron chi connectivity index (χ0n) is 20.3. The van der Waals surface area contributed by atoms with Crippen molar-refractivity contribution in [3.8, 4) is 0 Å². The fourth-order valence-corrected chi connectivity index (χ4v) is 5.54. The molecule has 0 saturated heterocycles. The number of carbonyl (C=O) groups is 1. The number of aromatic amines is 1. The number of amides is 1. The summed E-state index contributed by atoms with van der Waals surface area (Å²) in [6.45, 7) is 3.52. The summed E-state index contributed by atoms with van der Waals surface area (Å²) in [5.41, 5.74) is 3.85. The lowest BCUT2D eigenvalue weighted by Crippen LogP contribution is -2.16. The van der Waals surface area contributed by atoms with Crippen LogP contribution in [-0.2, 0) is 15.8 Å². The van der Waals surface area contributed by atoms with Gasteiger partial charge in [0.25, 0.3) is 15.9 Å². The highest BCUT2D eigenvalue weighted by Crippen LogP contribution is 2.26. The number of carbonyl (C=O) groups excluding carboxylic acids is 1. The van der Waals surface area contributed by atoms with E-state index in [4.69, 9.17) is 0 Å². The first-order valence-electron chi connectivity index (χ1n) is 11.4. The number of sulfonamides is 1. The van der Waals surface area contributed by atoms with Gasteiger partial charge in [-0.15, -0.1) is 11.8 Å². The maximum absolute atomic E-state index is 12.9. The van der Waals surface area contributed by atoms with Gasteiger partial charge in [0.05, 0.1) is 16.5 Å². The largest absolute Gasteiger partial charge is 0.322 e. The Labute approximate surface area is 222 Å². The number of aryl methyl sites for hydroxylation is 2. The summed E-state index contributed by atoms with van der Waals surface area (Å²) in [5.74, 6) is 0.294. The number of fused-ring (bicyclic) bond motifs is 1. The molecule has 3 N–H and O–H groups in total. The van der Waals surface area contributed by atoms with Crippen LogP contribution >= 0.6 is 11.8 Å². The quantitative estimate of drug-likeness (QED) is 0.193. The maximum atomic E-state index is 12.9. The van der Waals surface area contributed by atoms with Crippen LogP contribution < -0.4 is 10.0 Å². The van der Waals surface area contributed by atoms with Crippen molar-refractivity contribution in [2.75, 3.05) is 10.0 Å². The molecule has 0 spiro atoms. The summed E-state index contributed by atoms with van der Waals surface area (Å²) in [6.07, 6.45) is 3.17. The van der Waals surface area contributed by atoms with Gasteiger partial charge in [-0.3, -0.25) is 9.89 Å². The van der Waals surface area contributed by atoms with Crippen LogP contribution in [0.1, 0.15) is 27.3 Å². The van der Waals surface area contributed by atoms with E-state index in [-0.39, 0.29) is 16.8 Å². The van der Waals surface area contributed by atoms with E-state index < -0.39 is 10.0 Å². The molecule has 1 amide bonds. The Kier molecular flexibility index (Phi) is 7.03. The molecule has 0 aliphatic heterocycles. The zero-order chi connectivity index (χ0) is 26.7. The SMILES string of the molecule is Cc1cc(C)nc(NS(=O)(=O)c2ccc(NC(=O)c3cccc(CSc4ncnc5[nH]ncc45)c3)cc2)n1. The number of benzene rings is 2. The minimum atomic E-state index is -3.89. The molecule has 0 atom stereocenters. The van der Waals surface area contributed by atoms with Crippen molar-refractivity contribution in [1.29, 1.82) is 0 Å². The summed E-state index contributed by atoms with van der Waals surface area (Å²) in [7, 11) is -3.89. The topological polar surface area (TPSA) is 156 Å². The van der Waals surface area contributed by atoms with E-state index >= 15 is 0 Å². The number of anilines is 2. The van der Waals surface area contributed by atoms with Crippen LogP contribution in [0.4, 0.5) is 11.6 Å². The van der Waals surface area contributed by atoms with Gasteiger partial charge in [-0.2, -0.15) is 5.10 Å². The Morgan fingerprint density at radius 2 is 1.76 bits per heavy atom. The molecule has 0 aliphatic carbocycles. The number of nitrogens with one attached hydrogen (secondary N) is 3. The lowest BCUT2D eigenvalue weighted by Gasteiger charge is -2.10. The van der Waals surface area contributed by atoms with Gasteiger partial charge in [-0.05, 0) is 61.9 Å². The first-order chi connectivity index (χ1) is 18.3. The van der Waals surface area contributed by atoms with Gasteiger partial charge in [-0.25, -0.2) is 33.1 Å². The van der Waals surface area contributed by atoms with Crippen molar-refractivity contribution in [1.82, 2.24) is 30.1 Å². The predicted octanol–water partition coefficient (Wildman–Crippen LogP) is 4.11. The second-order valence-electron chi connectivity index (χ2n) is 8.36. The number of H-pyrrole nitrogens is 1. The van der Waals surface area contributed by atoms with Crippen LogP contribution in [0.25, 0.3) is 11.0 Å². The fourth-order valence-electron chi connectivity index (χ4n) is 3.68. The van der Waals surface area contributed by atoms with Crippen molar-refractivity contribution < 1.29 is 13.2 Å². The molecular weight excluding hydrogens is 524 g/mol. The Balaban J connectivity index is 1.24. The molecule has 0 saturated carbocycles. The van der Waals surface area contributed by atoms with Gasteiger partial charge in [0.1, 0.15) is 11.4 Å². The number of thioether (sulfide) groups is 1. The lowest BCUT2D eigenvalue weighted by molar-refractivity contribution is 0.102. The molecule has 3 heterocycles. The third-order valence-electron chi connectivity index (χ3n) is 5.41. The van der Waals surface area contributed by atoms with E-state index in [1.807, 2.05) is 18.2 Å². The summed E-state index contributed by atoms with van der Waals surface area (Å²) in [4.78, 5) is 29.6. The number of nitrogens with zero attached hydrogens (tertiary/aromatic N) is 5. The average Bonchev–Trinajstić information content (AvgIpc) is 3.37. The van der Waals surface area contributed by atoms with E-state index in [0.717, 1.165) is 16.0 Å². The molecule has 0 fully saturated rings. The molecule has 11 nitrogen and oxygen atoms in total. The van der Waals surface area contributed by atoms with Crippen molar-refractivity contribution in [2.24, 2.45) is 0 Å². The van der Waals surface area contributed by atoms with E-state index in [1.165, 1.54) is 42.4 Å². The van der Waals surface area contributed by atoms with Crippen LogP contribution in [0, 0.1) is 13.8 Å². The van der Waals surface area contributed by atoms with Crippen molar-refractivity contribution in [2.45, 2.75) is 29.5 Å². The minimum absolute atomic E-state index is 0.00632. The Bertz CT molecular complexity index is 1720.